The fourth-order valence-electron chi connectivity index (χ4n) is 3.37. The molecule has 0 bridgehead atoms. The van der Waals surface area contributed by atoms with Crippen LogP contribution in [-0.4, -0.2) is 48.9 Å². The molecular formula is C12H21N5O. The summed E-state index contributed by atoms with van der Waals surface area (Å²) in [7, 11) is 1.78. The van der Waals surface area contributed by atoms with Crippen molar-refractivity contribution in [3.05, 3.63) is 5.82 Å². The molecule has 2 aliphatic rings. The van der Waals surface area contributed by atoms with Gasteiger partial charge in [-0.2, -0.15) is 4.80 Å². The summed E-state index contributed by atoms with van der Waals surface area (Å²) in [5.41, 5.74) is -0.398. The Kier molecular flexibility index (Phi) is 3.07. The third kappa shape index (κ3) is 2.27. The summed E-state index contributed by atoms with van der Waals surface area (Å²) in [4.78, 5) is 3.84. The molecule has 6 heteroatoms. The van der Waals surface area contributed by atoms with E-state index in [9.17, 15) is 5.11 Å². The molecule has 1 saturated heterocycles. The van der Waals surface area contributed by atoms with Gasteiger partial charge in [0.25, 0.3) is 0 Å². The van der Waals surface area contributed by atoms with E-state index in [0.717, 1.165) is 44.7 Å². The van der Waals surface area contributed by atoms with Crippen LogP contribution in [-0.2, 0) is 13.6 Å². The van der Waals surface area contributed by atoms with E-state index in [1.165, 1.54) is 17.6 Å². The van der Waals surface area contributed by atoms with E-state index in [1.807, 2.05) is 0 Å². The lowest BCUT2D eigenvalue weighted by Gasteiger charge is -2.47. The van der Waals surface area contributed by atoms with Crippen molar-refractivity contribution in [2.45, 2.75) is 44.2 Å². The van der Waals surface area contributed by atoms with Crippen LogP contribution in [0.15, 0.2) is 0 Å². The second-order valence-corrected chi connectivity index (χ2v) is 5.73. The molecule has 3 rings (SSSR count). The van der Waals surface area contributed by atoms with Crippen molar-refractivity contribution >= 4 is 0 Å². The van der Waals surface area contributed by atoms with Crippen molar-refractivity contribution in [3.63, 3.8) is 0 Å². The zero-order valence-electron chi connectivity index (χ0n) is 10.9. The predicted octanol–water partition coefficient (Wildman–Crippen LogP) is 0.337. The van der Waals surface area contributed by atoms with Crippen molar-refractivity contribution in [2.75, 3.05) is 13.1 Å². The van der Waals surface area contributed by atoms with E-state index >= 15 is 0 Å². The van der Waals surface area contributed by atoms with Gasteiger partial charge in [0.15, 0.2) is 5.82 Å². The molecule has 2 unspecified atom stereocenters. The van der Waals surface area contributed by atoms with Gasteiger partial charge in [0.05, 0.1) is 19.2 Å². The Morgan fingerprint density at radius 1 is 1.39 bits per heavy atom. The maximum atomic E-state index is 10.6. The highest BCUT2D eigenvalue weighted by atomic mass is 16.3. The molecular weight excluding hydrogens is 230 g/mol. The molecule has 2 fully saturated rings. The van der Waals surface area contributed by atoms with Gasteiger partial charge in [-0.1, -0.05) is 12.8 Å². The molecule has 1 aromatic rings. The first-order valence-electron chi connectivity index (χ1n) is 6.83. The average Bonchev–Trinajstić information content (AvgIpc) is 2.75. The van der Waals surface area contributed by atoms with Gasteiger partial charge in [-0.3, -0.25) is 4.90 Å². The van der Waals surface area contributed by atoms with Crippen LogP contribution in [0.5, 0.6) is 0 Å². The van der Waals surface area contributed by atoms with E-state index in [4.69, 9.17) is 0 Å². The Hall–Kier alpha value is -1.01. The first kappa shape index (κ1) is 12.0. The van der Waals surface area contributed by atoms with Gasteiger partial charge < -0.3 is 5.11 Å². The minimum atomic E-state index is -0.398. The lowest BCUT2D eigenvalue weighted by molar-refractivity contribution is -0.0971. The van der Waals surface area contributed by atoms with Gasteiger partial charge in [0.1, 0.15) is 0 Å². The summed E-state index contributed by atoms with van der Waals surface area (Å²) in [5.74, 6) is 1.20. The quantitative estimate of drug-likeness (QED) is 0.821. The highest BCUT2D eigenvalue weighted by molar-refractivity contribution is 4.96. The third-order valence-corrected chi connectivity index (χ3v) is 4.43. The monoisotopic (exact) mass is 251 g/mol. The van der Waals surface area contributed by atoms with Gasteiger partial charge in [-0.15, -0.1) is 10.2 Å². The number of aryl methyl sites for hydroxylation is 1. The molecule has 2 heterocycles. The van der Waals surface area contributed by atoms with Crippen LogP contribution < -0.4 is 0 Å². The fraction of sp³-hybridized carbons (Fsp3) is 0.917. The second-order valence-electron chi connectivity index (χ2n) is 5.73. The fourth-order valence-corrected chi connectivity index (χ4v) is 3.37. The van der Waals surface area contributed by atoms with Gasteiger partial charge >= 0.3 is 0 Å². The third-order valence-electron chi connectivity index (χ3n) is 4.43. The summed E-state index contributed by atoms with van der Waals surface area (Å²) >= 11 is 0. The Morgan fingerprint density at radius 3 is 3.06 bits per heavy atom. The Balaban J connectivity index is 1.63. The maximum absolute atomic E-state index is 10.6. The lowest BCUT2D eigenvalue weighted by atomic mass is 9.71. The molecule has 1 aliphatic carbocycles. The molecule has 1 aliphatic heterocycles. The molecule has 100 valence electrons. The SMILES string of the molecule is Cn1nnc(CN2CCC3(O)CCCCC3C2)n1. The molecule has 0 spiro atoms. The van der Waals surface area contributed by atoms with E-state index in [-0.39, 0.29) is 0 Å². The number of hydrogen-bond donors (Lipinski definition) is 1. The van der Waals surface area contributed by atoms with Crippen molar-refractivity contribution in [2.24, 2.45) is 13.0 Å². The molecule has 1 aromatic heterocycles. The van der Waals surface area contributed by atoms with Gasteiger partial charge in [-0.25, -0.2) is 0 Å². The standard InChI is InChI=1S/C12H21N5O/c1-16-14-11(13-15-16)9-17-7-6-12(18)5-3-2-4-10(12)8-17/h10,18H,2-9H2,1H3. The molecule has 1 saturated carbocycles. The summed E-state index contributed by atoms with van der Waals surface area (Å²) in [6.45, 7) is 2.65. The first-order chi connectivity index (χ1) is 8.66. The van der Waals surface area contributed by atoms with Crippen molar-refractivity contribution in [3.8, 4) is 0 Å². The minimum Gasteiger partial charge on any atom is -0.390 e. The number of fused-ring (bicyclic) bond motifs is 1. The highest BCUT2D eigenvalue weighted by Crippen LogP contribution is 2.39. The number of likely N-dealkylation sites (tertiary alicyclic amines) is 1. The van der Waals surface area contributed by atoms with E-state index in [0.29, 0.717) is 5.92 Å². The number of aromatic nitrogens is 4. The zero-order valence-corrected chi connectivity index (χ0v) is 10.9. The van der Waals surface area contributed by atoms with E-state index in [2.05, 4.69) is 20.3 Å². The predicted molar refractivity (Wildman–Crippen MR) is 65.6 cm³/mol. The first-order valence-corrected chi connectivity index (χ1v) is 6.83. The zero-order chi connectivity index (χ0) is 12.6. The van der Waals surface area contributed by atoms with Gasteiger partial charge in [0.2, 0.25) is 0 Å². The van der Waals surface area contributed by atoms with E-state index < -0.39 is 5.60 Å². The lowest BCUT2D eigenvalue weighted by Crippen LogP contribution is -2.53. The summed E-state index contributed by atoms with van der Waals surface area (Å²) in [5, 5.41) is 22.7. The molecule has 0 amide bonds. The Labute approximate surface area is 107 Å². The van der Waals surface area contributed by atoms with Crippen LogP contribution in [0.3, 0.4) is 0 Å². The number of tetrazole rings is 1. The van der Waals surface area contributed by atoms with Crippen molar-refractivity contribution in [1.29, 1.82) is 0 Å². The van der Waals surface area contributed by atoms with Crippen molar-refractivity contribution < 1.29 is 5.11 Å². The summed E-state index contributed by atoms with van der Waals surface area (Å²) in [6.07, 6.45) is 5.46. The number of aliphatic hydroxyl groups is 1. The number of piperidine rings is 1. The molecule has 0 aromatic carbocycles. The van der Waals surface area contributed by atoms with Gasteiger partial charge in [-0.05, 0) is 24.5 Å². The number of hydrogen-bond acceptors (Lipinski definition) is 5. The van der Waals surface area contributed by atoms with Crippen LogP contribution in [0.25, 0.3) is 0 Å². The topological polar surface area (TPSA) is 67.1 Å². The number of nitrogens with zero attached hydrogens (tertiary/aromatic N) is 5. The van der Waals surface area contributed by atoms with Gasteiger partial charge in [0, 0.05) is 19.0 Å². The minimum absolute atomic E-state index is 0.398. The summed E-state index contributed by atoms with van der Waals surface area (Å²) < 4.78 is 0. The molecule has 18 heavy (non-hydrogen) atoms. The summed E-state index contributed by atoms with van der Waals surface area (Å²) in [6, 6.07) is 0. The molecule has 0 radical (unpaired) electrons. The average molecular weight is 251 g/mol. The molecule has 1 N–H and O–H groups in total. The Morgan fingerprint density at radius 2 is 2.28 bits per heavy atom. The normalized spacial score (nSPS) is 33.3. The van der Waals surface area contributed by atoms with Crippen LogP contribution in [0.4, 0.5) is 0 Å². The van der Waals surface area contributed by atoms with E-state index in [1.54, 1.807) is 7.05 Å². The molecule has 2 atom stereocenters. The van der Waals surface area contributed by atoms with Crippen LogP contribution in [0.1, 0.15) is 37.9 Å². The van der Waals surface area contributed by atoms with Crippen LogP contribution >= 0.6 is 0 Å². The maximum Gasteiger partial charge on any atom is 0.188 e. The number of rotatable bonds is 2. The highest BCUT2D eigenvalue weighted by Gasteiger charge is 2.42. The Bertz CT molecular complexity index is 420. The largest absolute Gasteiger partial charge is 0.390 e. The van der Waals surface area contributed by atoms with Crippen molar-refractivity contribution in [1.82, 2.24) is 25.1 Å². The van der Waals surface area contributed by atoms with Crippen LogP contribution in [0, 0.1) is 5.92 Å². The second kappa shape index (κ2) is 4.59. The van der Waals surface area contributed by atoms with Crippen LogP contribution in [0.2, 0.25) is 0 Å². The molecule has 6 nitrogen and oxygen atoms in total. The smallest absolute Gasteiger partial charge is 0.188 e.